The molecule has 20 heavy (non-hydrogen) atoms. The molecule has 2 rings (SSSR count). The zero-order chi connectivity index (χ0) is 14.2. The first-order valence-corrected chi connectivity index (χ1v) is 6.43. The molecule has 4 N–H and O–H groups in total. The molecule has 2 aromatic rings. The molecule has 0 aliphatic heterocycles. The highest BCUT2D eigenvalue weighted by molar-refractivity contribution is 5.87. The van der Waals surface area contributed by atoms with Crippen molar-refractivity contribution in [3.63, 3.8) is 0 Å². The maximum atomic E-state index is 8.91. The maximum Gasteiger partial charge on any atom is 0.147 e. The zero-order valence-corrected chi connectivity index (χ0v) is 11.1. The van der Waals surface area contributed by atoms with Crippen LogP contribution < -0.4 is 11.1 Å². The molecule has 0 aliphatic rings. The van der Waals surface area contributed by atoms with Crippen LogP contribution in [0.2, 0.25) is 0 Å². The van der Waals surface area contributed by atoms with Gasteiger partial charge in [0.15, 0.2) is 0 Å². The highest BCUT2D eigenvalue weighted by atomic mass is 16.4. The lowest BCUT2D eigenvalue weighted by Gasteiger charge is -2.16. The van der Waals surface area contributed by atoms with Crippen molar-refractivity contribution < 1.29 is 5.21 Å². The number of hydrogen-bond acceptors (Lipinski definition) is 4. The third kappa shape index (κ3) is 3.80. The Hall–Kier alpha value is -2.40. The Balaban J connectivity index is 1.99. The number of nitrogens with two attached hydrogens (primary N) is 1. The van der Waals surface area contributed by atoms with E-state index in [2.05, 4.69) is 15.5 Å². The lowest BCUT2D eigenvalue weighted by Crippen LogP contribution is -2.31. The summed E-state index contributed by atoms with van der Waals surface area (Å²) in [7, 11) is 0. The van der Waals surface area contributed by atoms with Gasteiger partial charge in [0.05, 0.1) is 5.92 Å². The van der Waals surface area contributed by atoms with Crippen molar-refractivity contribution in [3.8, 4) is 0 Å². The minimum atomic E-state index is -0.150. The predicted molar refractivity (Wildman–Crippen MR) is 78.5 cm³/mol. The normalized spacial score (nSPS) is 13.1. The first-order chi connectivity index (χ1) is 9.81. The first kappa shape index (κ1) is 14.0. The summed E-state index contributed by atoms with van der Waals surface area (Å²) in [6.07, 6.45) is 3.52. The molecule has 0 spiro atoms. The largest absolute Gasteiger partial charge is 0.409 e. The number of aromatic nitrogens is 1. The van der Waals surface area contributed by atoms with Gasteiger partial charge in [-0.05, 0) is 23.3 Å². The molecule has 0 radical (unpaired) electrons. The molecule has 1 heterocycles. The second kappa shape index (κ2) is 7.25. The van der Waals surface area contributed by atoms with Crippen LogP contribution in [0, 0.1) is 0 Å². The minimum absolute atomic E-state index is 0.150. The molecular formula is C15H18N4O. The van der Waals surface area contributed by atoms with Gasteiger partial charge in [0.2, 0.25) is 0 Å². The van der Waals surface area contributed by atoms with Crippen LogP contribution in [0.25, 0.3) is 0 Å². The van der Waals surface area contributed by atoms with Gasteiger partial charge in [0.1, 0.15) is 5.84 Å². The van der Waals surface area contributed by atoms with Crippen molar-refractivity contribution in [2.45, 2.75) is 12.5 Å². The topological polar surface area (TPSA) is 83.5 Å². The smallest absolute Gasteiger partial charge is 0.147 e. The number of hydrogen-bond donors (Lipinski definition) is 3. The third-order valence-electron chi connectivity index (χ3n) is 3.10. The van der Waals surface area contributed by atoms with Gasteiger partial charge in [-0.25, -0.2) is 0 Å². The molecule has 1 unspecified atom stereocenters. The van der Waals surface area contributed by atoms with E-state index in [1.807, 2.05) is 42.5 Å². The molecule has 5 nitrogen and oxygen atoms in total. The van der Waals surface area contributed by atoms with Gasteiger partial charge in [-0.3, -0.25) is 4.98 Å². The van der Waals surface area contributed by atoms with Gasteiger partial charge in [-0.15, -0.1) is 0 Å². The van der Waals surface area contributed by atoms with E-state index >= 15 is 0 Å². The van der Waals surface area contributed by atoms with E-state index in [-0.39, 0.29) is 11.8 Å². The van der Waals surface area contributed by atoms with Crippen LogP contribution in [0.15, 0.2) is 60.0 Å². The number of pyridine rings is 1. The van der Waals surface area contributed by atoms with Crippen LogP contribution in [-0.2, 0) is 6.54 Å². The van der Waals surface area contributed by atoms with Crippen LogP contribution in [0.5, 0.6) is 0 Å². The van der Waals surface area contributed by atoms with Crippen molar-refractivity contribution in [2.75, 3.05) is 6.54 Å². The van der Waals surface area contributed by atoms with Crippen LogP contribution >= 0.6 is 0 Å². The van der Waals surface area contributed by atoms with Crippen molar-refractivity contribution >= 4 is 5.84 Å². The van der Waals surface area contributed by atoms with Crippen molar-refractivity contribution in [1.82, 2.24) is 10.3 Å². The summed E-state index contributed by atoms with van der Waals surface area (Å²) < 4.78 is 0. The molecule has 0 amide bonds. The molecule has 104 valence electrons. The number of rotatable bonds is 6. The highest BCUT2D eigenvalue weighted by Crippen LogP contribution is 2.15. The SMILES string of the molecule is NC(=NO)C(CNCc1ccncc1)c1ccccc1. The Bertz CT molecular complexity index is 542. The maximum absolute atomic E-state index is 8.91. The fraction of sp³-hybridized carbons (Fsp3) is 0.200. The van der Waals surface area contributed by atoms with Crippen LogP contribution in [0.3, 0.4) is 0 Å². The Kier molecular flexibility index (Phi) is 5.08. The Morgan fingerprint density at radius 2 is 1.90 bits per heavy atom. The first-order valence-electron chi connectivity index (χ1n) is 6.43. The monoisotopic (exact) mass is 270 g/mol. The van der Waals surface area contributed by atoms with E-state index in [0.717, 1.165) is 11.1 Å². The zero-order valence-electron chi connectivity index (χ0n) is 11.1. The minimum Gasteiger partial charge on any atom is -0.409 e. The van der Waals surface area contributed by atoms with Gasteiger partial charge in [0, 0.05) is 25.5 Å². The number of nitrogens with zero attached hydrogens (tertiary/aromatic N) is 2. The average Bonchev–Trinajstić information content (AvgIpc) is 2.53. The fourth-order valence-electron chi connectivity index (χ4n) is 2.01. The summed E-state index contributed by atoms with van der Waals surface area (Å²) >= 11 is 0. The lowest BCUT2D eigenvalue weighted by molar-refractivity contribution is 0.315. The molecule has 5 heteroatoms. The molecule has 1 aromatic heterocycles. The molecule has 1 atom stereocenters. The van der Waals surface area contributed by atoms with Gasteiger partial charge in [-0.2, -0.15) is 0 Å². The molecule has 1 aromatic carbocycles. The highest BCUT2D eigenvalue weighted by Gasteiger charge is 2.15. The molecule has 0 saturated heterocycles. The van der Waals surface area contributed by atoms with Gasteiger partial charge in [0.25, 0.3) is 0 Å². The van der Waals surface area contributed by atoms with Gasteiger partial charge < -0.3 is 16.3 Å². The molecular weight excluding hydrogens is 252 g/mol. The Labute approximate surface area is 118 Å². The van der Waals surface area contributed by atoms with Crippen molar-refractivity contribution in [2.24, 2.45) is 10.9 Å². The summed E-state index contributed by atoms with van der Waals surface area (Å²) in [6.45, 7) is 1.31. The summed E-state index contributed by atoms with van der Waals surface area (Å²) in [6, 6.07) is 13.7. The summed E-state index contributed by atoms with van der Waals surface area (Å²) in [5, 5.41) is 15.4. The molecule has 0 fully saturated rings. The van der Waals surface area contributed by atoms with E-state index in [4.69, 9.17) is 10.9 Å². The van der Waals surface area contributed by atoms with Crippen LogP contribution in [-0.4, -0.2) is 22.6 Å². The quantitative estimate of drug-likeness (QED) is 0.323. The standard InChI is InChI=1S/C15H18N4O/c16-15(19-20)14(13-4-2-1-3-5-13)11-18-10-12-6-8-17-9-7-12/h1-9,14,18,20H,10-11H2,(H2,16,19). The van der Waals surface area contributed by atoms with E-state index in [1.165, 1.54) is 0 Å². The van der Waals surface area contributed by atoms with Crippen molar-refractivity contribution in [1.29, 1.82) is 0 Å². The molecule has 0 aliphatic carbocycles. The van der Waals surface area contributed by atoms with Gasteiger partial charge >= 0.3 is 0 Å². The second-order valence-corrected chi connectivity index (χ2v) is 4.47. The van der Waals surface area contributed by atoms with E-state index in [9.17, 15) is 0 Å². The van der Waals surface area contributed by atoms with E-state index in [0.29, 0.717) is 13.1 Å². The number of nitrogens with one attached hydrogen (secondary N) is 1. The van der Waals surface area contributed by atoms with Crippen LogP contribution in [0.1, 0.15) is 17.0 Å². The van der Waals surface area contributed by atoms with Crippen molar-refractivity contribution in [3.05, 3.63) is 66.0 Å². The Morgan fingerprint density at radius 1 is 1.20 bits per heavy atom. The van der Waals surface area contributed by atoms with E-state index < -0.39 is 0 Å². The average molecular weight is 270 g/mol. The number of benzene rings is 1. The van der Waals surface area contributed by atoms with Crippen LogP contribution in [0.4, 0.5) is 0 Å². The number of amidine groups is 1. The number of oxime groups is 1. The predicted octanol–water partition coefficient (Wildman–Crippen LogP) is 1.70. The summed E-state index contributed by atoms with van der Waals surface area (Å²) in [5.41, 5.74) is 7.94. The lowest BCUT2D eigenvalue weighted by atomic mass is 9.98. The third-order valence-corrected chi connectivity index (χ3v) is 3.10. The molecule has 0 bridgehead atoms. The fourth-order valence-corrected chi connectivity index (χ4v) is 2.01. The van der Waals surface area contributed by atoms with Gasteiger partial charge in [-0.1, -0.05) is 35.5 Å². The summed E-state index contributed by atoms with van der Waals surface area (Å²) in [5.74, 6) is 0.0569. The Morgan fingerprint density at radius 3 is 2.55 bits per heavy atom. The van der Waals surface area contributed by atoms with E-state index in [1.54, 1.807) is 12.4 Å². The molecule has 0 saturated carbocycles. The second-order valence-electron chi connectivity index (χ2n) is 4.47. The summed E-state index contributed by atoms with van der Waals surface area (Å²) in [4.78, 5) is 3.98.